The maximum absolute atomic E-state index is 11.7. The molecule has 2 atom stereocenters. The summed E-state index contributed by atoms with van der Waals surface area (Å²) in [5, 5.41) is 2.95. The molecule has 0 spiro atoms. The van der Waals surface area contributed by atoms with E-state index in [1.54, 1.807) is 0 Å². The summed E-state index contributed by atoms with van der Waals surface area (Å²) in [7, 11) is 0. The van der Waals surface area contributed by atoms with Crippen molar-refractivity contribution in [2.45, 2.75) is 71.9 Å². The molecule has 1 fully saturated rings. The summed E-state index contributed by atoms with van der Waals surface area (Å²) in [5.74, 6) is 0.695. The van der Waals surface area contributed by atoms with Gasteiger partial charge in [-0.3, -0.25) is 0 Å². The van der Waals surface area contributed by atoms with Gasteiger partial charge in [0.15, 0.2) is 0 Å². The zero-order valence-electron chi connectivity index (χ0n) is 13.9. The first kappa shape index (κ1) is 17.3. The van der Waals surface area contributed by atoms with Crippen LogP contribution in [0.2, 0.25) is 0 Å². The number of carbonyl (C=O) groups is 1. The Morgan fingerprint density at radius 3 is 2.75 bits per heavy atom. The van der Waals surface area contributed by atoms with E-state index in [4.69, 9.17) is 4.74 Å². The van der Waals surface area contributed by atoms with Gasteiger partial charge in [0.2, 0.25) is 0 Å². The lowest BCUT2D eigenvalue weighted by Gasteiger charge is -2.34. The van der Waals surface area contributed by atoms with Gasteiger partial charge in [-0.25, -0.2) is 4.79 Å². The molecule has 0 aromatic rings. The molecule has 0 aromatic carbocycles. The van der Waals surface area contributed by atoms with Crippen molar-refractivity contribution in [1.82, 2.24) is 10.2 Å². The van der Waals surface area contributed by atoms with Crippen LogP contribution in [0, 0.1) is 5.92 Å². The summed E-state index contributed by atoms with van der Waals surface area (Å²) >= 11 is 0. The fourth-order valence-electron chi connectivity index (χ4n) is 2.93. The lowest BCUT2D eigenvalue weighted by atomic mass is 9.92. The van der Waals surface area contributed by atoms with Crippen LogP contribution in [-0.2, 0) is 4.74 Å². The number of nitrogens with one attached hydrogen (secondary N) is 1. The van der Waals surface area contributed by atoms with Crippen LogP contribution in [-0.4, -0.2) is 42.3 Å². The predicted octanol–water partition coefficient (Wildman–Crippen LogP) is 3.41. The summed E-state index contributed by atoms with van der Waals surface area (Å²) in [6.07, 6.45) is 4.52. The Kier molecular flexibility index (Phi) is 6.80. The summed E-state index contributed by atoms with van der Waals surface area (Å²) in [5.41, 5.74) is -0.424. The minimum absolute atomic E-state index is 0.177. The van der Waals surface area contributed by atoms with Crippen LogP contribution >= 0.6 is 0 Å². The van der Waals surface area contributed by atoms with Gasteiger partial charge in [-0.2, -0.15) is 0 Å². The Labute approximate surface area is 124 Å². The van der Waals surface area contributed by atoms with Crippen molar-refractivity contribution >= 4 is 6.09 Å². The van der Waals surface area contributed by atoms with Gasteiger partial charge in [0.05, 0.1) is 0 Å². The molecular formula is C16H32N2O2. The van der Waals surface area contributed by atoms with E-state index in [1.165, 1.54) is 38.9 Å². The number of hydrogen-bond acceptors (Lipinski definition) is 3. The number of hydrogen-bond donors (Lipinski definition) is 1. The molecule has 0 bridgehead atoms. The first-order valence-corrected chi connectivity index (χ1v) is 8.02. The summed E-state index contributed by atoms with van der Waals surface area (Å²) in [6, 6.07) is 0.177. The molecule has 1 rings (SSSR count). The number of nitrogens with zero attached hydrogens (tertiary/aromatic N) is 1. The second kappa shape index (κ2) is 7.87. The maximum atomic E-state index is 11.7. The molecule has 0 saturated carbocycles. The topological polar surface area (TPSA) is 41.6 Å². The van der Waals surface area contributed by atoms with E-state index in [-0.39, 0.29) is 12.1 Å². The van der Waals surface area contributed by atoms with Gasteiger partial charge in [0.1, 0.15) is 5.60 Å². The highest BCUT2D eigenvalue weighted by atomic mass is 16.6. The van der Waals surface area contributed by atoms with Gasteiger partial charge in [0.25, 0.3) is 0 Å². The van der Waals surface area contributed by atoms with Gasteiger partial charge >= 0.3 is 6.09 Å². The lowest BCUT2D eigenvalue weighted by Crippen LogP contribution is -2.41. The third-order valence-electron chi connectivity index (χ3n) is 3.59. The Morgan fingerprint density at radius 2 is 2.15 bits per heavy atom. The van der Waals surface area contributed by atoms with Crippen LogP contribution in [0.25, 0.3) is 0 Å². The molecule has 1 aliphatic heterocycles. The molecule has 4 heteroatoms. The van der Waals surface area contributed by atoms with Crippen LogP contribution in [0.5, 0.6) is 0 Å². The number of rotatable bonds is 5. The summed E-state index contributed by atoms with van der Waals surface area (Å²) in [6.45, 7) is 13.6. The van der Waals surface area contributed by atoms with Crippen molar-refractivity contribution < 1.29 is 9.53 Å². The first-order valence-electron chi connectivity index (χ1n) is 8.02. The molecule has 0 aliphatic carbocycles. The van der Waals surface area contributed by atoms with Crippen molar-refractivity contribution in [3.05, 3.63) is 0 Å². The second-order valence-corrected chi connectivity index (χ2v) is 7.09. The zero-order valence-corrected chi connectivity index (χ0v) is 13.9. The fourth-order valence-corrected chi connectivity index (χ4v) is 2.93. The van der Waals surface area contributed by atoms with Crippen molar-refractivity contribution in [2.24, 2.45) is 5.92 Å². The molecule has 1 amide bonds. The molecular weight excluding hydrogens is 252 g/mol. The predicted molar refractivity (Wildman–Crippen MR) is 82.9 cm³/mol. The van der Waals surface area contributed by atoms with E-state index >= 15 is 0 Å². The van der Waals surface area contributed by atoms with Gasteiger partial charge in [-0.05, 0) is 72.4 Å². The van der Waals surface area contributed by atoms with Crippen LogP contribution in [0.3, 0.4) is 0 Å². The van der Waals surface area contributed by atoms with Crippen molar-refractivity contribution in [3.63, 3.8) is 0 Å². The second-order valence-electron chi connectivity index (χ2n) is 7.09. The molecule has 2 unspecified atom stereocenters. The number of likely N-dealkylation sites (tertiary alicyclic amines) is 1. The average molecular weight is 284 g/mol. The monoisotopic (exact) mass is 284 g/mol. The molecule has 1 aliphatic rings. The zero-order chi connectivity index (χ0) is 15.2. The average Bonchev–Trinajstić information content (AvgIpc) is 2.26. The van der Waals surface area contributed by atoms with Crippen LogP contribution in [0.15, 0.2) is 0 Å². The quantitative estimate of drug-likeness (QED) is 0.841. The summed E-state index contributed by atoms with van der Waals surface area (Å²) in [4.78, 5) is 14.3. The number of piperidine rings is 1. The Bertz CT molecular complexity index is 297. The van der Waals surface area contributed by atoms with E-state index in [9.17, 15) is 4.79 Å². The minimum Gasteiger partial charge on any atom is -0.444 e. The normalized spacial score (nSPS) is 22.4. The molecule has 1 heterocycles. The van der Waals surface area contributed by atoms with E-state index in [0.29, 0.717) is 5.92 Å². The van der Waals surface area contributed by atoms with Gasteiger partial charge in [0, 0.05) is 12.6 Å². The standard InChI is InChI=1S/C16H32N2O2/c1-6-9-18-10-7-8-14(12-18)11-13(2)17-15(19)20-16(3,4)5/h13-14H,6-12H2,1-5H3,(H,17,19). The van der Waals surface area contributed by atoms with Gasteiger partial charge < -0.3 is 15.0 Å². The molecule has 0 aromatic heterocycles. The SMILES string of the molecule is CCCN1CCCC(CC(C)NC(=O)OC(C)(C)C)C1. The van der Waals surface area contributed by atoms with E-state index in [1.807, 2.05) is 20.8 Å². The maximum Gasteiger partial charge on any atom is 0.407 e. The highest BCUT2D eigenvalue weighted by Crippen LogP contribution is 2.21. The number of alkyl carbamates (subject to hydrolysis) is 1. The van der Waals surface area contributed by atoms with Crippen LogP contribution in [0.1, 0.15) is 60.3 Å². The third kappa shape index (κ3) is 7.13. The first-order chi connectivity index (χ1) is 9.30. The van der Waals surface area contributed by atoms with E-state index in [2.05, 4.69) is 24.1 Å². The van der Waals surface area contributed by atoms with Crippen molar-refractivity contribution in [3.8, 4) is 0 Å². The highest BCUT2D eigenvalue weighted by molar-refractivity contribution is 5.67. The van der Waals surface area contributed by atoms with Crippen LogP contribution < -0.4 is 5.32 Å². The smallest absolute Gasteiger partial charge is 0.407 e. The summed E-state index contributed by atoms with van der Waals surface area (Å²) < 4.78 is 5.30. The number of carbonyl (C=O) groups excluding carboxylic acids is 1. The molecule has 4 nitrogen and oxygen atoms in total. The number of amides is 1. The Balaban J connectivity index is 2.30. The molecule has 20 heavy (non-hydrogen) atoms. The number of ether oxygens (including phenoxy) is 1. The minimum atomic E-state index is -0.424. The lowest BCUT2D eigenvalue weighted by molar-refractivity contribution is 0.0496. The molecule has 118 valence electrons. The van der Waals surface area contributed by atoms with Crippen molar-refractivity contribution in [2.75, 3.05) is 19.6 Å². The fraction of sp³-hybridized carbons (Fsp3) is 0.938. The van der Waals surface area contributed by atoms with E-state index in [0.717, 1.165) is 6.42 Å². The largest absolute Gasteiger partial charge is 0.444 e. The molecule has 0 radical (unpaired) electrons. The Hall–Kier alpha value is -0.770. The third-order valence-corrected chi connectivity index (χ3v) is 3.59. The van der Waals surface area contributed by atoms with Gasteiger partial charge in [-0.15, -0.1) is 0 Å². The van der Waals surface area contributed by atoms with Crippen LogP contribution in [0.4, 0.5) is 4.79 Å². The van der Waals surface area contributed by atoms with E-state index < -0.39 is 5.60 Å². The Morgan fingerprint density at radius 1 is 1.45 bits per heavy atom. The molecule has 1 N–H and O–H groups in total. The van der Waals surface area contributed by atoms with Crippen molar-refractivity contribution in [1.29, 1.82) is 0 Å². The highest BCUT2D eigenvalue weighted by Gasteiger charge is 2.23. The van der Waals surface area contributed by atoms with Gasteiger partial charge in [-0.1, -0.05) is 6.92 Å². The molecule has 1 saturated heterocycles.